The Morgan fingerprint density at radius 2 is 1.76 bits per heavy atom. The van der Waals surface area contributed by atoms with Gasteiger partial charge in [0, 0.05) is 0 Å². The molecular weight excluding hydrogens is 379 g/mol. The van der Waals surface area contributed by atoms with Gasteiger partial charge in [-0.3, -0.25) is 0 Å². The molecule has 1 heterocycles. The van der Waals surface area contributed by atoms with E-state index < -0.39 is 25.0 Å². The molecule has 7 nitrogen and oxygen atoms in total. The van der Waals surface area contributed by atoms with Crippen molar-refractivity contribution in [1.29, 1.82) is 0 Å². The summed E-state index contributed by atoms with van der Waals surface area (Å²) in [6.45, 7) is 5.89. The van der Waals surface area contributed by atoms with E-state index in [1.807, 2.05) is 26.8 Å². The summed E-state index contributed by atoms with van der Waals surface area (Å²) in [5.41, 5.74) is 1.32. The molecule has 134 valence electrons. The van der Waals surface area contributed by atoms with Crippen molar-refractivity contribution in [2.45, 2.75) is 50.2 Å². The summed E-state index contributed by atoms with van der Waals surface area (Å²) in [7, 11) is 0. The molecule has 0 saturated heterocycles. The van der Waals surface area contributed by atoms with Crippen LogP contribution in [0.15, 0.2) is 24.5 Å². The van der Waals surface area contributed by atoms with Gasteiger partial charge in [-0.05, 0) is 0 Å². The van der Waals surface area contributed by atoms with Crippen LogP contribution in [0.5, 0.6) is 0 Å². The van der Waals surface area contributed by atoms with Crippen molar-refractivity contribution in [3.63, 3.8) is 0 Å². The SMILES string of the molecule is CC(C)(C)OC(=O)NCc1cc(-c2nncnn2)c[c]([Ge]([CH3])([CH3])[CH3])c1. The van der Waals surface area contributed by atoms with Crippen molar-refractivity contribution >= 4 is 23.8 Å². The minimum absolute atomic E-state index is 0.377. The van der Waals surface area contributed by atoms with Crippen molar-refractivity contribution in [2.24, 2.45) is 0 Å². The number of carbonyl (C=O) groups excluding carboxylic acids is 1. The molecule has 0 aliphatic heterocycles. The molecule has 0 aliphatic carbocycles. The van der Waals surface area contributed by atoms with E-state index in [-0.39, 0.29) is 0 Å². The van der Waals surface area contributed by atoms with Crippen LogP contribution in [0.2, 0.25) is 17.3 Å². The maximum atomic E-state index is 11.9. The van der Waals surface area contributed by atoms with Crippen molar-refractivity contribution in [3.8, 4) is 11.4 Å². The van der Waals surface area contributed by atoms with E-state index in [1.54, 1.807) is 0 Å². The van der Waals surface area contributed by atoms with Gasteiger partial charge in [0.2, 0.25) is 0 Å². The number of rotatable bonds is 4. The Morgan fingerprint density at radius 3 is 2.32 bits per heavy atom. The molecule has 0 radical (unpaired) electrons. The summed E-state index contributed by atoms with van der Waals surface area (Å²) in [6, 6.07) is 6.20. The molecule has 0 fully saturated rings. The summed E-state index contributed by atoms with van der Waals surface area (Å²) in [4.78, 5) is 11.9. The second-order valence-corrected chi connectivity index (χ2v) is 18.5. The third kappa shape index (κ3) is 6.08. The molecule has 1 amide bonds. The molecule has 1 aromatic carbocycles. The van der Waals surface area contributed by atoms with E-state index in [9.17, 15) is 4.79 Å². The van der Waals surface area contributed by atoms with Gasteiger partial charge >= 0.3 is 151 Å². The van der Waals surface area contributed by atoms with E-state index in [1.165, 1.54) is 10.7 Å². The first kappa shape index (κ1) is 19.3. The first-order valence-electron chi connectivity index (χ1n) is 8.17. The molecular formula is C17H25GeN5O2. The average Bonchev–Trinajstić information content (AvgIpc) is 2.51. The second kappa shape index (κ2) is 7.47. The predicted molar refractivity (Wildman–Crippen MR) is 99.1 cm³/mol. The van der Waals surface area contributed by atoms with Crippen LogP contribution in [0.25, 0.3) is 11.4 Å². The predicted octanol–water partition coefficient (Wildman–Crippen LogP) is 2.50. The monoisotopic (exact) mass is 405 g/mol. The number of amides is 1. The first-order chi connectivity index (χ1) is 11.5. The topological polar surface area (TPSA) is 89.9 Å². The fourth-order valence-electron chi connectivity index (χ4n) is 2.16. The Labute approximate surface area is 151 Å². The zero-order valence-corrected chi connectivity index (χ0v) is 17.7. The van der Waals surface area contributed by atoms with Crippen molar-refractivity contribution in [3.05, 3.63) is 30.1 Å². The van der Waals surface area contributed by atoms with Crippen LogP contribution in [0.3, 0.4) is 0 Å². The van der Waals surface area contributed by atoms with Crippen LogP contribution in [-0.2, 0) is 11.3 Å². The number of alkyl carbamates (subject to hydrolysis) is 1. The second-order valence-electron chi connectivity index (χ2n) is 7.89. The number of carbonyl (C=O) groups is 1. The molecule has 0 spiro atoms. The van der Waals surface area contributed by atoms with Crippen LogP contribution >= 0.6 is 0 Å². The average molecular weight is 404 g/mol. The molecule has 8 heteroatoms. The summed E-state index contributed by atoms with van der Waals surface area (Å²) in [5.74, 6) is 7.42. The third-order valence-corrected chi connectivity index (χ3v) is 7.60. The Bertz CT molecular complexity index is 739. The Kier molecular flexibility index (Phi) is 5.77. The molecule has 1 N–H and O–H groups in total. The van der Waals surface area contributed by atoms with Gasteiger partial charge in [-0.1, -0.05) is 0 Å². The fraction of sp³-hybridized carbons (Fsp3) is 0.471. The van der Waals surface area contributed by atoms with E-state index in [0.29, 0.717) is 12.4 Å². The molecule has 0 bridgehead atoms. The summed E-state index contributed by atoms with van der Waals surface area (Å²) in [6.07, 6.45) is 0.871. The van der Waals surface area contributed by atoms with Gasteiger partial charge in [0.1, 0.15) is 0 Å². The zero-order valence-electron chi connectivity index (χ0n) is 15.6. The molecule has 1 aromatic heterocycles. The zero-order chi connectivity index (χ0) is 18.7. The molecule has 25 heavy (non-hydrogen) atoms. The number of aromatic nitrogens is 4. The van der Waals surface area contributed by atoms with E-state index >= 15 is 0 Å². The quantitative estimate of drug-likeness (QED) is 0.788. The first-order valence-corrected chi connectivity index (χ1v) is 15.5. The van der Waals surface area contributed by atoms with Gasteiger partial charge < -0.3 is 0 Å². The van der Waals surface area contributed by atoms with Crippen molar-refractivity contribution in [1.82, 2.24) is 25.7 Å². The number of hydrogen-bond acceptors (Lipinski definition) is 6. The Hall–Kier alpha value is -2.03. The Morgan fingerprint density at radius 1 is 1.12 bits per heavy atom. The number of ether oxygens (including phenoxy) is 1. The number of nitrogens with one attached hydrogen (secondary N) is 1. The van der Waals surface area contributed by atoms with Gasteiger partial charge in [-0.2, -0.15) is 0 Å². The summed E-state index contributed by atoms with van der Waals surface area (Å²) in [5, 5.41) is 18.5. The summed E-state index contributed by atoms with van der Waals surface area (Å²) < 4.78 is 6.59. The van der Waals surface area contributed by atoms with Crippen molar-refractivity contribution in [2.75, 3.05) is 0 Å². The minimum atomic E-state index is -2.09. The standard InChI is InChI=1S/C17H25GeN5O2/c1-17(2,3)25-16(24)19-10-12-7-13(15-22-20-11-21-23-15)9-14(8-12)18(4,5)6/h7-9,11H,10H2,1-6H3,(H,19,24). The van der Waals surface area contributed by atoms with Gasteiger partial charge in [0.05, 0.1) is 0 Å². The molecule has 0 aliphatic rings. The van der Waals surface area contributed by atoms with Crippen LogP contribution in [0.4, 0.5) is 4.79 Å². The number of benzene rings is 1. The molecule has 0 atom stereocenters. The van der Waals surface area contributed by atoms with Gasteiger partial charge in [-0.15, -0.1) is 0 Å². The van der Waals surface area contributed by atoms with Crippen LogP contribution in [0, 0.1) is 0 Å². The van der Waals surface area contributed by atoms with Crippen LogP contribution in [0.1, 0.15) is 26.3 Å². The van der Waals surface area contributed by atoms with Crippen LogP contribution in [-0.4, -0.2) is 45.4 Å². The van der Waals surface area contributed by atoms with E-state index in [2.05, 4.69) is 55.1 Å². The molecule has 2 aromatic rings. The number of nitrogens with zero attached hydrogens (tertiary/aromatic N) is 4. The fourth-order valence-corrected chi connectivity index (χ4v) is 4.70. The van der Waals surface area contributed by atoms with E-state index in [4.69, 9.17) is 4.74 Å². The maximum absolute atomic E-state index is 11.9. The van der Waals surface area contributed by atoms with E-state index in [0.717, 1.165) is 11.1 Å². The number of hydrogen-bond donors (Lipinski definition) is 1. The normalized spacial score (nSPS) is 11.9. The Balaban J connectivity index is 2.27. The summed E-state index contributed by atoms with van der Waals surface area (Å²) >= 11 is -2.09. The van der Waals surface area contributed by atoms with Crippen molar-refractivity contribution < 1.29 is 9.53 Å². The van der Waals surface area contributed by atoms with Gasteiger partial charge in [0.15, 0.2) is 0 Å². The third-order valence-electron chi connectivity index (χ3n) is 3.36. The van der Waals surface area contributed by atoms with Gasteiger partial charge in [0.25, 0.3) is 0 Å². The molecule has 2 rings (SSSR count). The van der Waals surface area contributed by atoms with Crippen LogP contribution < -0.4 is 9.71 Å². The van der Waals surface area contributed by atoms with Gasteiger partial charge in [-0.25, -0.2) is 0 Å². The molecule has 0 unspecified atom stereocenters. The molecule has 0 saturated carbocycles.